The Morgan fingerprint density at radius 1 is 1.39 bits per heavy atom. The maximum absolute atomic E-state index is 12.4. The minimum absolute atomic E-state index is 0.145. The highest BCUT2D eigenvalue weighted by molar-refractivity contribution is 6.31. The highest BCUT2D eigenvalue weighted by Crippen LogP contribution is 2.35. The van der Waals surface area contributed by atoms with Crippen LogP contribution < -0.4 is 10.7 Å². The van der Waals surface area contributed by atoms with Gasteiger partial charge in [-0.3, -0.25) is 15.0 Å². The van der Waals surface area contributed by atoms with Crippen LogP contribution in [0.5, 0.6) is 0 Å². The number of benzene rings is 1. The van der Waals surface area contributed by atoms with E-state index in [9.17, 15) is 9.59 Å². The summed E-state index contributed by atoms with van der Waals surface area (Å²) in [7, 11) is 0. The molecule has 0 bridgehead atoms. The number of amides is 2. The van der Waals surface area contributed by atoms with Gasteiger partial charge in [0.05, 0.1) is 5.56 Å². The van der Waals surface area contributed by atoms with Crippen LogP contribution in [0.3, 0.4) is 0 Å². The van der Waals surface area contributed by atoms with Crippen LogP contribution in [0.25, 0.3) is 0 Å². The first-order valence-electron chi connectivity index (χ1n) is 5.71. The largest absolute Gasteiger partial charge is 0.361 e. The van der Waals surface area contributed by atoms with E-state index in [1.807, 2.05) is 6.92 Å². The number of hydrogen-bond donors (Lipinski definition) is 2. The number of nitrogens with one attached hydrogen (secondary N) is 2. The maximum atomic E-state index is 12.4. The molecule has 1 unspecified atom stereocenters. The van der Waals surface area contributed by atoms with Gasteiger partial charge >= 0.3 is 0 Å². The Morgan fingerprint density at radius 3 is 2.94 bits per heavy atom. The summed E-state index contributed by atoms with van der Waals surface area (Å²) in [6.07, 6.45) is 0.975. The molecular formula is C12H12ClN3O2. The Balaban J connectivity index is 2.09. The first-order valence-corrected chi connectivity index (χ1v) is 6.09. The number of nitrogens with zero attached hydrogens (tertiary/aromatic N) is 1. The summed E-state index contributed by atoms with van der Waals surface area (Å²) in [6.45, 7) is 1.89. The molecule has 1 fully saturated rings. The molecule has 0 saturated carbocycles. The summed E-state index contributed by atoms with van der Waals surface area (Å²) in [5.74, 6) is -0.380. The van der Waals surface area contributed by atoms with Gasteiger partial charge in [-0.1, -0.05) is 11.6 Å². The van der Waals surface area contributed by atoms with Crippen molar-refractivity contribution < 1.29 is 9.59 Å². The number of hydrogen-bond acceptors (Lipinski definition) is 3. The van der Waals surface area contributed by atoms with E-state index in [0.717, 1.165) is 5.69 Å². The lowest BCUT2D eigenvalue weighted by atomic mass is 9.96. The number of halogens is 1. The van der Waals surface area contributed by atoms with Gasteiger partial charge in [0.15, 0.2) is 0 Å². The van der Waals surface area contributed by atoms with Crippen molar-refractivity contribution in [3.05, 3.63) is 28.8 Å². The Hall–Kier alpha value is -1.75. The number of anilines is 1. The molecule has 0 spiro atoms. The van der Waals surface area contributed by atoms with Crippen LogP contribution in [0.2, 0.25) is 5.02 Å². The first kappa shape index (κ1) is 11.3. The quantitative estimate of drug-likeness (QED) is 0.751. The van der Waals surface area contributed by atoms with Gasteiger partial charge in [-0.15, -0.1) is 0 Å². The topological polar surface area (TPSA) is 61.4 Å². The average molecular weight is 266 g/mol. The third-order valence-electron chi connectivity index (χ3n) is 3.39. The van der Waals surface area contributed by atoms with Gasteiger partial charge < -0.3 is 5.32 Å². The van der Waals surface area contributed by atoms with E-state index < -0.39 is 5.66 Å². The zero-order valence-electron chi connectivity index (χ0n) is 9.79. The molecule has 0 radical (unpaired) electrons. The fourth-order valence-corrected chi connectivity index (χ4v) is 2.55. The molecule has 1 saturated heterocycles. The summed E-state index contributed by atoms with van der Waals surface area (Å²) >= 11 is 5.89. The highest BCUT2D eigenvalue weighted by Gasteiger charge is 2.45. The molecule has 2 amide bonds. The van der Waals surface area contributed by atoms with Gasteiger partial charge in [0.1, 0.15) is 5.66 Å². The van der Waals surface area contributed by atoms with Crippen LogP contribution in [-0.2, 0) is 4.79 Å². The van der Waals surface area contributed by atoms with E-state index in [1.54, 1.807) is 18.2 Å². The Morgan fingerprint density at radius 2 is 2.17 bits per heavy atom. The van der Waals surface area contributed by atoms with Crippen LogP contribution in [0.15, 0.2) is 18.2 Å². The SMILES string of the molecule is CC12CCC(=O)NN1C(=O)c1cc(Cl)ccc1N2. The molecule has 2 aliphatic rings. The molecule has 18 heavy (non-hydrogen) atoms. The molecule has 3 rings (SSSR count). The summed E-state index contributed by atoms with van der Waals surface area (Å²) in [6, 6.07) is 5.13. The molecule has 0 aliphatic carbocycles. The summed E-state index contributed by atoms with van der Waals surface area (Å²) in [5.41, 5.74) is 3.25. The average Bonchev–Trinajstić information content (AvgIpc) is 2.33. The van der Waals surface area contributed by atoms with Crippen LogP contribution in [-0.4, -0.2) is 22.5 Å². The lowest BCUT2D eigenvalue weighted by Crippen LogP contribution is -2.67. The first-order chi connectivity index (χ1) is 8.49. The molecule has 1 aromatic rings. The molecule has 0 aromatic heterocycles. The van der Waals surface area contributed by atoms with E-state index in [1.165, 1.54) is 5.01 Å². The van der Waals surface area contributed by atoms with Crippen molar-refractivity contribution >= 4 is 29.1 Å². The van der Waals surface area contributed by atoms with E-state index in [4.69, 9.17) is 11.6 Å². The molecule has 2 heterocycles. The number of carbonyl (C=O) groups is 2. The Labute approximate surface area is 109 Å². The lowest BCUT2D eigenvalue weighted by molar-refractivity contribution is -0.131. The highest BCUT2D eigenvalue weighted by atomic mass is 35.5. The van der Waals surface area contributed by atoms with Crippen molar-refractivity contribution in [3.63, 3.8) is 0 Å². The summed E-state index contributed by atoms with van der Waals surface area (Å²) < 4.78 is 0. The number of carbonyl (C=O) groups excluding carboxylic acids is 2. The third-order valence-corrected chi connectivity index (χ3v) is 3.62. The van der Waals surface area contributed by atoms with Crippen molar-refractivity contribution in [2.45, 2.75) is 25.4 Å². The summed E-state index contributed by atoms with van der Waals surface area (Å²) in [5, 5.41) is 5.14. The van der Waals surface area contributed by atoms with Crippen LogP contribution in [0.4, 0.5) is 5.69 Å². The minimum atomic E-state index is -0.578. The maximum Gasteiger partial charge on any atom is 0.276 e. The normalized spacial score (nSPS) is 26.0. The smallest absolute Gasteiger partial charge is 0.276 e. The fraction of sp³-hybridized carbons (Fsp3) is 0.333. The number of rotatable bonds is 0. The monoisotopic (exact) mass is 265 g/mol. The van der Waals surface area contributed by atoms with Gasteiger partial charge in [0, 0.05) is 17.1 Å². The van der Waals surface area contributed by atoms with Crippen LogP contribution in [0, 0.1) is 0 Å². The van der Waals surface area contributed by atoms with E-state index in [0.29, 0.717) is 23.4 Å². The zero-order valence-corrected chi connectivity index (χ0v) is 10.5. The second-order valence-corrected chi connectivity index (χ2v) is 5.20. The van der Waals surface area contributed by atoms with Crippen LogP contribution in [0.1, 0.15) is 30.1 Å². The van der Waals surface area contributed by atoms with Crippen molar-refractivity contribution in [2.24, 2.45) is 0 Å². The van der Waals surface area contributed by atoms with E-state index in [2.05, 4.69) is 10.7 Å². The predicted molar refractivity (Wildman–Crippen MR) is 67.0 cm³/mol. The molecule has 2 aliphatic heterocycles. The Kier molecular flexibility index (Phi) is 2.28. The van der Waals surface area contributed by atoms with E-state index in [-0.39, 0.29) is 11.8 Å². The molecule has 6 heteroatoms. The van der Waals surface area contributed by atoms with Gasteiger partial charge in [0.25, 0.3) is 5.91 Å². The predicted octanol–water partition coefficient (Wildman–Crippen LogP) is 1.75. The number of fused-ring (bicyclic) bond motifs is 2. The second kappa shape index (κ2) is 3.62. The van der Waals surface area contributed by atoms with Crippen molar-refractivity contribution in [1.29, 1.82) is 0 Å². The second-order valence-electron chi connectivity index (χ2n) is 4.76. The molecular weight excluding hydrogens is 254 g/mol. The fourth-order valence-electron chi connectivity index (χ4n) is 2.38. The van der Waals surface area contributed by atoms with Gasteiger partial charge in [-0.2, -0.15) is 0 Å². The summed E-state index contributed by atoms with van der Waals surface area (Å²) in [4.78, 5) is 23.8. The standard InChI is InChI=1S/C12H12ClN3O2/c1-12-5-4-10(17)15-16(12)11(18)8-6-7(13)2-3-9(8)14-12/h2-3,6,14H,4-5H2,1H3,(H,15,17). The zero-order chi connectivity index (χ0) is 12.9. The van der Waals surface area contributed by atoms with Crippen molar-refractivity contribution in [2.75, 3.05) is 5.32 Å². The molecule has 1 aromatic carbocycles. The molecule has 1 atom stereocenters. The molecule has 5 nitrogen and oxygen atoms in total. The third kappa shape index (κ3) is 1.54. The minimum Gasteiger partial charge on any atom is -0.361 e. The van der Waals surface area contributed by atoms with Gasteiger partial charge in [-0.25, -0.2) is 5.01 Å². The Bertz CT molecular complexity index is 560. The lowest BCUT2D eigenvalue weighted by Gasteiger charge is -2.48. The van der Waals surface area contributed by atoms with Crippen LogP contribution >= 0.6 is 11.6 Å². The van der Waals surface area contributed by atoms with Crippen molar-refractivity contribution in [1.82, 2.24) is 10.4 Å². The van der Waals surface area contributed by atoms with E-state index >= 15 is 0 Å². The van der Waals surface area contributed by atoms with Gasteiger partial charge in [0.2, 0.25) is 5.91 Å². The molecule has 2 N–H and O–H groups in total. The van der Waals surface area contributed by atoms with Gasteiger partial charge in [-0.05, 0) is 31.5 Å². The van der Waals surface area contributed by atoms with Crippen molar-refractivity contribution in [3.8, 4) is 0 Å². The molecule has 94 valence electrons. The number of hydrazine groups is 1.